The first-order valence-electron chi connectivity index (χ1n) is 12.0. The molecule has 5 rings (SSSR count). The molecule has 0 saturated heterocycles. The highest BCUT2D eigenvalue weighted by Crippen LogP contribution is 2.34. The van der Waals surface area contributed by atoms with E-state index in [1.165, 1.54) is 0 Å². The zero-order valence-corrected chi connectivity index (χ0v) is 20.0. The Labute approximate surface area is 204 Å². The average Bonchev–Trinajstić information content (AvgIpc) is 3.29. The minimum atomic E-state index is -0.0132. The van der Waals surface area contributed by atoms with Gasteiger partial charge in [0.25, 0.3) is 0 Å². The van der Waals surface area contributed by atoms with Gasteiger partial charge in [-0.15, -0.1) is 0 Å². The number of pyridine rings is 1. The Balaban J connectivity index is 1.36. The maximum absolute atomic E-state index is 12.4. The fourth-order valence-corrected chi connectivity index (χ4v) is 4.24. The summed E-state index contributed by atoms with van der Waals surface area (Å²) in [5.74, 6) is 2.20. The molecule has 180 valence electrons. The van der Waals surface area contributed by atoms with Crippen LogP contribution in [0.25, 0.3) is 16.9 Å². The Morgan fingerprint density at radius 1 is 1.00 bits per heavy atom. The molecule has 35 heavy (non-hydrogen) atoms. The first-order chi connectivity index (χ1) is 17.1. The molecule has 0 spiro atoms. The molecule has 1 amide bonds. The van der Waals surface area contributed by atoms with Gasteiger partial charge in [-0.05, 0) is 61.1 Å². The Morgan fingerprint density at radius 2 is 1.80 bits per heavy atom. The van der Waals surface area contributed by atoms with Gasteiger partial charge in [0.2, 0.25) is 5.91 Å². The van der Waals surface area contributed by atoms with E-state index in [1.54, 1.807) is 0 Å². The summed E-state index contributed by atoms with van der Waals surface area (Å²) in [7, 11) is 0. The smallest absolute Gasteiger partial charge is 0.238 e. The van der Waals surface area contributed by atoms with E-state index >= 15 is 0 Å². The molecule has 0 bridgehead atoms. The van der Waals surface area contributed by atoms with Crippen molar-refractivity contribution in [1.29, 1.82) is 0 Å². The zero-order chi connectivity index (χ0) is 24.2. The molecule has 0 unspecified atom stereocenters. The zero-order valence-electron chi connectivity index (χ0n) is 20.0. The van der Waals surface area contributed by atoms with Crippen molar-refractivity contribution in [3.8, 4) is 22.8 Å². The maximum Gasteiger partial charge on any atom is 0.238 e. The monoisotopic (exact) mass is 471 g/mol. The summed E-state index contributed by atoms with van der Waals surface area (Å²) in [6.07, 6.45) is 0.558. The van der Waals surface area contributed by atoms with Crippen LogP contribution in [0.3, 0.4) is 0 Å². The summed E-state index contributed by atoms with van der Waals surface area (Å²) in [6, 6.07) is 19.7. The topological polar surface area (TPSA) is 81.0 Å². The quantitative estimate of drug-likeness (QED) is 0.418. The van der Waals surface area contributed by atoms with Gasteiger partial charge in [-0.1, -0.05) is 32.0 Å². The number of amides is 1. The number of anilines is 1. The van der Waals surface area contributed by atoms with E-state index in [4.69, 9.17) is 19.6 Å². The largest absolute Gasteiger partial charge is 0.486 e. The first-order valence-corrected chi connectivity index (χ1v) is 12.0. The van der Waals surface area contributed by atoms with Crippen molar-refractivity contribution in [3.05, 3.63) is 72.1 Å². The number of hydrogen-bond acceptors (Lipinski definition) is 6. The third-order valence-electron chi connectivity index (χ3n) is 6.08. The second-order valence-electron chi connectivity index (χ2n) is 8.45. The summed E-state index contributed by atoms with van der Waals surface area (Å²) in [6.45, 7) is 7.29. The van der Waals surface area contributed by atoms with Gasteiger partial charge < -0.3 is 14.8 Å². The number of nitrogens with zero attached hydrogens (tertiary/aromatic N) is 4. The molecule has 0 saturated carbocycles. The van der Waals surface area contributed by atoms with Crippen LogP contribution in [-0.4, -0.2) is 58.3 Å². The van der Waals surface area contributed by atoms with Gasteiger partial charge in [0.15, 0.2) is 23.0 Å². The van der Waals surface area contributed by atoms with E-state index in [0.29, 0.717) is 32.0 Å². The second kappa shape index (κ2) is 10.1. The molecule has 8 nitrogen and oxygen atoms in total. The van der Waals surface area contributed by atoms with E-state index in [-0.39, 0.29) is 5.91 Å². The Hall–Kier alpha value is -3.91. The third kappa shape index (κ3) is 5.12. The minimum Gasteiger partial charge on any atom is -0.486 e. The van der Waals surface area contributed by atoms with Crippen molar-refractivity contribution in [2.45, 2.75) is 20.3 Å². The molecule has 0 radical (unpaired) electrons. The Morgan fingerprint density at radius 3 is 2.63 bits per heavy atom. The third-order valence-corrected chi connectivity index (χ3v) is 6.08. The predicted octanol–water partition coefficient (Wildman–Crippen LogP) is 4.04. The highest BCUT2D eigenvalue weighted by atomic mass is 16.6. The van der Waals surface area contributed by atoms with Gasteiger partial charge >= 0.3 is 0 Å². The summed E-state index contributed by atoms with van der Waals surface area (Å²) < 4.78 is 13.3. The van der Waals surface area contributed by atoms with Gasteiger partial charge in [-0.3, -0.25) is 9.69 Å². The molecule has 0 aliphatic carbocycles. The van der Waals surface area contributed by atoms with Crippen LogP contribution >= 0.6 is 0 Å². The maximum atomic E-state index is 12.4. The first kappa shape index (κ1) is 22.9. The number of likely N-dealkylation sites (N-methyl/N-ethyl adjacent to an activating group) is 1. The van der Waals surface area contributed by atoms with Crippen LogP contribution in [0.2, 0.25) is 0 Å². The lowest BCUT2D eigenvalue weighted by molar-refractivity contribution is -0.117. The predicted molar refractivity (Wildman–Crippen MR) is 135 cm³/mol. The lowest BCUT2D eigenvalue weighted by Gasteiger charge is -2.19. The molecule has 0 fully saturated rings. The Kier molecular flexibility index (Phi) is 6.63. The molecular weight excluding hydrogens is 442 g/mol. The number of carbonyl (C=O) groups excluding carboxylic acids is 1. The van der Waals surface area contributed by atoms with Crippen molar-refractivity contribution in [3.63, 3.8) is 0 Å². The van der Waals surface area contributed by atoms with Gasteiger partial charge in [0.1, 0.15) is 13.2 Å². The highest BCUT2D eigenvalue weighted by Gasteiger charge is 2.15. The van der Waals surface area contributed by atoms with Crippen LogP contribution in [0, 0.1) is 0 Å². The van der Waals surface area contributed by atoms with Crippen LogP contribution in [0.4, 0.5) is 5.69 Å². The van der Waals surface area contributed by atoms with E-state index in [9.17, 15) is 4.79 Å². The molecule has 2 aromatic heterocycles. The summed E-state index contributed by atoms with van der Waals surface area (Å²) in [5.41, 5.74) is 4.49. The minimum absolute atomic E-state index is 0.0132. The SMILES string of the molecule is CCN(CC)CC(=O)Nc1cccc(Cc2nc3cccc(-c4ccc5c(c4)OCCO5)n3n2)c1. The van der Waals surface area contributed by atoms with Gasteiger partial charge in [0.05, 0.1) is 12.2 Å². The number of fused-ring (bicyclic) bond motifs is 2. The van der Waals surface area contributed by atoms with Crippen molar-refractivity contribution < 1.29 is 14.3 Å². The lowest BCUT2D eigenvalue weighted by Crippen LogP contribution is -2.32. The molecule has 1 N–H and O–H groups in total. The van der Waals surface area contributed by atoms with Gasteiger partial charge in [-0.25, -0.2) is 9.50 Å². The highest BCUT2D eigenvalue weighted by molar-refractivity contribution is 5.92. The summed E-state index contributed by atoms with van der Waals surface area (Å²) >= 11 is 0. The van der Waals surface area contributed by atoms with Crippen molar-refractivity contribution in [2.24, 2.45) is 0 Å². The van der Waals surface area contributed by atoms with Crippen LogP contribution < -0.4 is 14.8 Å². The number of benzene rings is 2. The normalized spacial score (nSPS) is 12.8. The van der Waals surface area contributed by atoms with E-state index in [1.807, 2.05) is 65.2 Å². The van der Waals surface area contributed by atoms with E-state index < -0.39 is 0 Å². The van der Waals surface area contributed by atoms with Crippen LogP contribution in [0.1, 0.15) is 25.2 Å². The molecular formula is C27H29N5O3. The molecule has 0 atom stereocenters. The molecule has 1 aliphatic rings. The number of nitrogens with one attached hydrogen (secondary N) is 1. The number of aromatic nitrogens is 3. The summed E-state index contributed by atoms with van der Waals surface area (Å²) in [4.78, 5) is 19.2. The van der Waals surface area contributed by atoms with E-state index in [0.717, 1.165) is 52.7 Å². The number of carbonyl (C=O) groups is 1. The van der Waals surface area contributed by atoms with Crippen LogP contribution in [0.5, 0.6) is 11.5 Å². The number of rotatable bonds is 8. The van der Waals surface area contributed by atoms with Crippen LogP contribution in [0.15, 0.2) is 60.7 Å². The lowest BCUT2D eigenvalue weighted by atomic mass is 10.1. The van der Waals surface area contributed by atoms with Crippen molar-refractivity contribution in [1.82, 2.24) is 19.5 Å². The fraction of sp³-hybridized carbons (Fsp3) is 0.296. The number of hydrogen-bond donors (Lipinski definition) is 1. The number of ether oxygens (including phenoxy) is 2. The fourth-order valence-electron chi connectivity index (χ4n) is 4.24. The van der Waals surface area contributed by atoms with E-state index in [2.05, 4.69) is 24.1 Å². The molecule has 3 heterocycles. The van der Waals surface area contributed by atoms with Crippen molar-refractivity contribution in [2.75, 3.05) is 38.2 Å². The second-order valence-corrected chi connectivity index (χ2v) is 8.45. The molecule has 2 aromatic carbocycles. The molecule has 8 heteroatoms. The summed E-state index contributed by atoms with van der Waals surface area (Å²) in [5, 5.41) is 7.79. The average molecular weight is 472 g/mol. The van der Waals surface area contributed by atoms with Crippen molar-refractivity contribution >= 4 is 17.2 Å². The van der Waals surface area contributed by atoms with Crippen LogP contribution in [-0.2, 0) is 11.2 Å². The molecule has 4 aromatic rings. The molecule has 1 aliphatic heterocycles. The Bertz CT molecular complexity index is 1350. The standard InChI is InChI=1S/C27H29N5O3/c1-3-31(4-2)18-27(33)28-21-8-5-7-19(15-21)16-25-29-26-10-6-9-22(32(26)30-25)20-11-12-23-24(17-20)35-14-13-34-23/h5-12,15,17H,3-4,13-14,16,18H2,1-2H3,(H,28,33). The van der Waals surface area contributed by atoms with Gasteiger partial charge in [-0.2, -0.15) is 5.10 Å². The van der Waals surface area contributed by atoms with Gasteiger partial charge in [0, 0.05) is 17.7 Å².